The van der Waals surface area contributed by atoms with Crippen molar-refractivity contribution in [1.29, 1.82) is 0 Å². The Morgan fingerprint density at radius 2 is 1.78 bits per heavy atom. The number of hydrogen-bond acceptors (Lipinski definition) is 4. The fourth-order valence-corrected chi connectivity index (χ4v) is 2.79. The predicted molar refractivity (Wildman–Crippen MR) is 102 cm³/mol. The fourth-order valence-electron chi connectivity index (χ4n) is 2.79. The third kappa shape index (κ3) is 4.41. The van der Waals surface area contributed by atoms with Crippen molar-refractivity contribution < 1.29 is 14.3 Å². The number of benzene rings is 2. The summed E-state index contributed by atoms with van der Waals surface area (Å²) < 4.78 is 5.40. The van der Waals surface area contributed by atoms with Crippen LogP contribution in [0.5, 0.6) is 0 Å². The minimum Gasteiger partial charge on any atom is -0.449 e. The first-order chi connectivity index (χ1) is 13.1. The molecule has 0 saturated heterocycles. The van der Waals surface area contributed by atoms with E-state index in [0.29, 0.717) is 23.9 Å². The van der Waals surface area contributed by atoms with Gasteiger partial charge in [0, 0.05) is 23.5 Å². The molecule has 0 spiro atoms. The smallest absolute Gasteiger partial charge is 0.339 e. The van der Waals surface area contributed by atoms with Crippen LogP contribution in [0.2, 0.25) is 0 Å². The second kappa shape index (κ2) is 8.31. The zero-order chi connectivity index (χ0) is 19.2. The summed E-state index contributed by atoms with van der Waals surface area (Å²) in [6, 6.07) is 17.6. The lowest BCUT2D eigenvalue weighted by Gasteiger charge is -2.16. The van der Waals surface area contributed by atoms with Gasteiger partial charge >= 0.3 is 5.97 Å². The lowest BCUT2D eigenvalue weighted by molar-refractivity contribution is -0.130. The molecule has 0 aliphatic rings. The quantitative estimate of drug-likeness (QED) is 0.658. The lowest BCUT2D eigenvalue weighted by atomic mass is 10.1. The van der Waals surface area contributed by atoms with E-state index in [-0.39, 0.29) is 11.5 Å². The Balaban J connectivity index is 1.73. The maximum absolute atomic E-state index is 12.6. The van der Waals surface area contributed by atoms with Gasteiger partial charge in [0.1, 0.15) is 0 Å². The van der Waals surface area contributed by atoms with Crippen molar-refractivity contribution in [2.24, 2.45) is 0 Å². The molecule has 0 saturated carbocycles. The number of ether oxygens (including phenoxy) is 1. The van der Waals surface area contributed by atoms with Crippen molar-refractivity contribution in [1.82, 2.24) is 10.3 Å². The second-order valence-corrected chi connectivity index (χ2v) is 6.10. The normalized spacial score (nSPS) is 11.7. The van der Waals surface area contributed by atoms with Gasteiger partial charge < -0.3 is 15.0 Å². The number of esters is 1. The van der Waals surface area contributed by atoms with Gasteiger partial charge in [-0.2, -0.15) is 0 Å². The van der Waals surface area contributed by atoms with E-state index in [1.54, 1.807) is 31.2 Å². The van der Waals surface area contributed by atoms with Crippen LogP contribution in [0.15, 0.2) is 65.5 Å². The zero-order valence-electron chi connectivity index (χ0n) is 14.9. The highest BCUT2D eigenvalue weighted by atomic mass is 16.5. The Kier molecular flexibility index (Phi) is 5.66. The van der Waals surface area contributed by atoms with Gasteiger partial charge in [-0.1, -0.05) is 55.5 Å². The van der Waals surface area contributed by atoms with E-state index < -0.39 is 17.6 Å². The summed E-state index contributed by atoms with van der Waals surface area (Å²) in [5.41, 5.74) is 1.23. The van der Waals surface area contributed by atoms with Gasteiger partial charge in [-0.3, -0.25) is 9.59 Å². The van der Waals surface area contributed by atoms with Crippen LogP contribution in [0.4, 0.5) is 0 Å². The highest BCUT2D eigenvalue weighted by Crippen LogP contribution is 2.16. The Labute approximate surface area is 156 Å². The average Bonchev–Trinajstić information content (AvgIpc) is 2.70. The summed E-state index contributed by atoms with van der Waals surface area (Å²) in [6.45, 7) is 2.11. The summed E-state index contributed by atoms with van der Waals surface area (Å²) in [6.07, 6.45) is -0.604. The minimum atomic E-state index is -0.931. The molecule has 6 nitrogen and oxygen atoms in total. The highest BCUT2D eigenvalue weighted by Gasteiger charge is 2.23. The molecule has 1 unspecified atom stereocenters. The number of H-pyrrole nitrogens is 1. The van der Waals surface area contributed by atoms with E-state index in [2.05, 4.69) is 10.3 Å². The van der Waals surface area contributed by atoms with Crippen LogP contribution in [0, 0.1) is 0 Å². The van der Waals surface area contributed by atoms with Gasteiger partial charge in [-0.05, 0) is 18.1 Å². The van der Waals surface area contributed by atoms with Crippen molar-refractivity contribution in [2.75, 3.05) is 0 Å². The molecule has 3 rings (SSSR count). The summed E-state index contributed by atoms with van der Waals surface area (Å²) in [5, 5.41) is 3.34. The van der Waals surface area contributed by atoms with Crippen molar-refractivity contribution in [3.8, 4) is 0 Å². The molecule has 27 heavy (non-hydrogen) atoms. The van der Waals surface area contributed by atoms with E-state index in [4.69, 9.17) is 4.74 Å². The number of para-hydroxylation sites is 1. The summed E-state index contributed by atoms with van der Waals surface area (Å²) in [4.78, 5) is 39.5. The molecule has 138 valence electrons. The van der Waals surface area contributed by atoms with Crippen LogP contribution in [0.3, 0.4) is 0 Å². The predicted octanol–water partition coefficient (Wildman–Crippen LogP) is 2.78. The molecule has 6 heteroatoms. The Morgan fingerprint density at radius 3 is 2.52 bits per heavy atom. The monoisotopic (exact) mass is 364 g/mol. The highest BCUT2D eigenvalue weighted by molar-refractivity contribution is 6.03. The topological polar surface area (TPSA) is 88.3 Å². The van der Waals surface area contributed by atoms with Gasteiger partial charge in [-0.25, -0.2) is 4.79 Å². The third-order valence-corrected chi connectivity index (χ3v) is 4.19. The molecule has 1 amide bonds. The SMILES string of the molecule is CCC(OC(=O)c1cc(=O)[nH]c2ccccc12)C(=O)NCc1ccccc1. The molecule has 1 atom stereocenters. The number of carbonyl (C=O) groups excluding carboxylic acids is 2. The van der Waals surface area contributed by atoms with E-state index in [0.717, 1.165) is 5.56 Å². The Morgan fingerprint density at radius 1 is 1.07 bits per heavy atom. The van der Waals surface area contributed by atoms with Crippen LogP contribution in [0.1, 0.15) is 29.3 Å². The molecule has 1 heterocycles. The van der Waals surface area contributed by atoms with Crippen LogP contribution in [-0.4, -0.2) is 23.0 Å². The molecule has 0 aliphatic carbocycles. The van der Waals surface area contributed by atoms with Gasteiger partial charge in [0.2, 0.25) is 5.56 Å². The molecule has 2 aromatic carbocycles. The molecule has 1 aromatic heterocycles. The van der Waals surface area contributed by atoms with E-state index in [1.165, 1.54) is 6.07 Å². The number of pyridine rings is 1. The van der Waals surface area contributed by atoms with E-state index in [1.807, 2.05) is 30.3 Å². The minimum absolute atomic E-state index is 0.142. The van der Waals surface area contributed by atoms with E-state index >= 15 is 0 Å². The molecule has 0 fully saturated rings. The average molecular weight is 364 g/mol. The fraction of sp³-hybridized carbons (Fsp3) is 0.190. The summed E-state index contributed by atoms with van der Waals surface area (Å²) in [5.74, 6) is -1.07. The molecule has 2 N–H and O–H groups in total. The van der Waals surface area contributed by atoms with Crippen LogP contribution >= 0.6 is 0 Å². The number of aromatic amines is 1. The van der Waals surface area contributed by atoms with Crippen LogP contribution < -0.4 is 10.9 Å². The number of rotatable bonds is 6. The second-order valence-electron chi connectivity index (χ2n) is 6.10. The first-order valence-electron chi connectivity index (χ1n) is 8.73. The summed E-state index contributed by atoms with van der Waals surface area (Å²) >= 11 is 0. The number of amides is 1. The number of hydrogen-bond donors (Lipinski definition) is 2. The van der Waals surface area contributed by atoms with Crippen molar-refractivity contribution in [2.45, 2.75) is 26.0 Å². The first-order valence-corrected chi connectivity index (χ1v) is 8.73. The molecular formula is C21H20N2O4. The van der Waals surface area contributed by atoms with Gasteiger partial charge in [0.05, 0.1) is 5.56 Å². The van der Waals surface area contributed by atoms with E-state index in [9.17, 15) is 14.4 Å². The summed E-state index contributed by atoms with van der Waals surface area (Å²) in [7, 11) is 0. The first kappa shape index (κ1) is 18.4. The molecule has 0 radical (unpaired) electrons. The largest absolute Gasteiger partial charge is 0.449 e. The third-order valence-electron chi connectivity index (χ3n) is 4.19. The van der Waals surface area contributed by atoms with Gasteiger partial charge in [-0.15, -0.1) is 0 Å². The molecule has 3 aromatic rings. The molecular weight excluding hydrogens is 344 g/mol. The van der Waals surface area contributed by atoms with Gasteiger partial charge in [0.25, 0.3) is 5.91 Å². The maximum Gasteiger partial charge on any atom is 0.339 e. The molecule has 0 aliphatic heterocycles. The lowest BCUT2D eigenvalue weighted by Crippen LogP contribution is -2.37. The van der Waals surface area contributed by atoms with Crippen LogP contribution in [-0.2, 0) is 16.1 Å². The van der Waals surface area contributed by atoms with Gasteiger partial charge in [0.15, 0.2) is 6.10 Å². The Hall–Kier alpha value is -3.41. The van der Waals surface area contributed by atoms with Crippen molar-refractivity contribution in [3.63, 3.8) is 0 Å². The Bertz CT molecular complexity index is 1010. The number of carbonyl (C=O) groups is 2. The van der Waals surface area contributed by atoms with Crippen molar-refractivity contribution in [3.05, 3.63) is 82.1 Å². The number of nitrogens with one attached hydrogen (secondary N) is 2. The molecule has 0 bridgehead atoms. The maximum atomic E-state index is 12.6. The zero-order valence-corrected chi connectivity index (χ0v) is 14.9. The number of aromatic nitrogens is 1. The standard InChI is InChI=1S/C21H20N2O4/c1-2-18(20(25)22-13-14-8-4-3-5-9-14)27-21(26)16-12-19(24)23-17-11-7-6-10-15(16)17/h3-12,18H,2,13H2,1H3,(H,22,25)(H,23,24). The van der Waals surface area contributed by atoms with Crippen LogP contribution in [0.25, 0.3) is 10.9 Å². The number of fused-ring (bicyclic) bond motifs is 1. The van der Waals surface area contributed by atoms with Crippen molar-refractivity contribution >= 4 is 22.8 Å².